The minimum absolute atomic E-state index is 0.787. The molecule has 2 heteroatoms. The van der Waals surface area contributed by atoms with Gasteiger partial charge in [0.2, 0.25) is 0 Å². The third-order valence-electron chi connectivity index (χ3n) is 3.25. The fraction of sp³-hybridized carbons (Fsp3) is 0.500. The quantitative estimate of drug-likeness (QED) is 0.628. The van der Waals surface area contributed by atoms with Gasteiger partial charge in [0.25, 0.3) is 0 Å². The van der Waals surface area contributed by atoms with Crippen molar-refractivity contribution >= 4 is 0 Å². The predicted octanol–water partition coefficient (Wildman–Crippen LogP) is 2.11. The molecule has 96 valence electrons. The summed E-state index contributed by atoms with van der Waals surface area (Å²) in [4.78, 5) is 2.55. The molecule has 1 heterocycles. The van der Waals surface area contributed by atoms with E-state index in [0.717, 1.165) is 18.7 Å². The van der Waals surface area contributed by atoms with Crippen molar-refractivity contribution in [3.63, 3.8) is 0 Å². The molecule has 2 rings (SSSR count). The molecular weight excluding hydrogens is 220 g/mol. The Bertz CT molecular complexity index is 383. The van der Waals surface area contributed by atoms with Gasteiger partial charge in [0.05, 0.1) is 6.54 Å². The van der Waals surface area contributed by atoms with E-state index in [-0.39, 0.29) is 0 Å². The molecule has 1 aromatic carbocycles. The Hall–Kier alpha value is -1.30. The molecule has 0 unspecified atom stereocenters. The standard InChI is InChI=1S/C16H22N2/c1-2-8-16(9-3-1)10-6-11-17-12-7-15-18-13-4-5-14-18/h1-3,8-9,17H,4-5,7,11-15H2. The van der Waals surface area contributed by atoms with E-state index in [2.05, 4.69) is 22.1 Å². The second-order valence-electron chi connectivity index (χ2n) is 4.75. The summed E-state index contributed by atoms with van der Waals surface area (Å²) in [7, 11) is 0. The molecule has 0 amide bonds. The first-order valence-electron chi connectivity index (χ1n) is 6.92. The monoisotopic (exact) mass is 242 g/mol. The highest BCUT2D eigenvalue weighted by atomic mass is 15.1. The van der Waals surface area contributed by atoms with Gasteiger partial charge in [-0.15, -0.1) is 0 Å². The summed E-state index contributed by atoms with van der Waals surface area (Å²) in [5.41, 5.74) is 1.09. The molecule has 0 aliphatic carbocycles. The fourth-order valence-electron chi connectivity index (χ4n) is 2.25. The van der Waals surface area contributed by atoms with Crippen LogP contribution in [0.1, 0.15) is 24.8 Å². The van der Waals surface area contributed by atoms with Gasteiger partial charge in [0, 0.05) is 5.56 Å². The van der Waals surface area contributed by atoms with E-state index in [4.69, 9.17) is 0 Å². The molecule has 1 fully saturated rings. The average Bonchev–Trinajstić information content (AvgIpc) is 2.92. The molecule has 0 saturated carbocycles. The van der Waals surface area contributed by atoms with Gasteiger partial charge in [-0.2, -0.15) is 0 Å². The zero-order valence-corrected chi connectivity index (χ0v) is 11.0. The molecule has 18 heavy (non-hydrogen) atoms. The molecule has 1 aromatic rings. The lowest BCUT2D eigenvalue weighted by Crippen LogP contribution is -2.25. The zero-order valence-electron chi connectivity index (χ0n) is 11.0. The molecule has 1 saturated heterocycles. The summed E-state index contributed by atoms with van der Waals surface area (Å²) in [6.07, 6.45) is 4.00. The van der Waals surface area contributed by atoms with Crippen LogP contribution in [0, 0.1) is 11.8 Å². The van der Waals surface area contributed by atoms with Crippen molar-refractivity contribution in [1.82, 2.24) is 10.2 Å². The topological polar surface area (TPSA) is 15.3 Å². The van der Waals surface area contributed by atoms with Crippen LogP contribution >= 0.6 is 0 Å². The van der Waals surface area contributed by atoms with Crippen LogP contribution in [0.3, 0.4) is 0 Å². The van der Waals surface area contributed by atoms with Crippen LogP contribution in [0.5, 0.6) is 0 Å². The summed E-state index contributed by atoms with van der Waals surface area (Å²) in [5, 5.41) is 3.38. The molecule has 0 bridgehead atoms. The number of nitrogens with zero attached hydrogens (tertiary/aromatic N) is 1. The maximum absolute atomic E-state index is 3.38. The van der Waals surface area contributed by atoms with Crippen molar-refractivity contribution in [3.8, 4) is 11.8 Å². The SMILES string of the molecule is C(#Cc1ccccc1)CNCCCN1CCCC1. The average molecular weight is 242 g/mol. The summed E-state index contributed by atoms with van der Waals surface area (Å²) < 4.78 is 0. The fourth-order valence-corrected chi connectivity index (χ4v) is 2.25. The summed E-state index contributed by atoms with van der Waals surface area (Å²) in [6.45, 7) is 5.69. The highest BCUT2D eigenvalue weighted by molar-refractivity contribution is 5.33. The molecule has 0 aromatic heterocycles. The molecule has 1 aliphatic heterocycles. The van der Waals surface area contributed by atoms with Crippen molar-refractivity contribution in [1.29, 1.82) is 0 Å². The van der Waals surface area contributed by atoms with E-state index in [9.17, 15) is 0 Å². The molecule has 1 aliphatic rings. The Morgan fingerprint density at radius 1 is 1.11 bits per heavy atom. The molecule has 0 spiro atoms. The Morgan fingerprint density at radius 3 is 2.67 bits per heavy atom. The lowest BCUT2D eigenvalue weighted by atomic mass is 10.2. The molecule has 0 radical (unpaired) electrons. The Balaban J connectivity index is 1.52. The van der Waals surface area contributed by atoms with Crippen molar-refractivity contribution in [2.45, 2.75) is 19.3 Å². The largest absolute Gasteiger partial charge is 0.306 e. The third kappa shape index (κ3) is 4.91. The number of likely N-dealkylation sites (tertiary alicyclic amines) is 1. The first kappa shape index (κ1) is 13.1. The Kier molecular flexibility index (Phi) is 5.78. The smallest absolute Gasteiger partial charge is 0.0580 e. The maximum atomic E-state index is 3.38. The highest BCUT2D eigenvalue weighted by Gasteiger charge is 2.09. The van der Waals surface area contributed by atoms with Crippen LogP contribution in [-0.4, -0.2) is 37.6 Å². The normalized spacial score (nSPS) is 15.3. The summed E-state index contributed by atoms with van der Waals surface area (Å²) in [6, 6.07) is 10.1. The van der Waals surface area contributed by atoms with E-state index in [1.165, 1.54) is 38.9 Å². The number of hydrogen-bond acceptors (Lipinski definition) is 2. The van der Waals surface area contributed by atoms with E-state index >= 15 is 0 Å². The Labute approximate surface area is 110 Å². The van der Waals surface area contributed by atoms with Gasteiger partial charge < -0.3 is 10.2 Å². The zero-order chi connectivity index (χ0) is 12.5. The third-order valence-corrected chi connectivity index (χ3v) is 3.25. The minimum atomic E-state index is 0.787. The van der Waals surface area contributed by atoms with Crippen molar-refractivity contribution in [2.75, 3.05) is 32.7 Å². The predicted molar refractivity (Wildman–Crippen MR) is 76.5 cm³/mol. The lowest BCUT2D eigenvalue weighted by molar-refractivity contribution is 0.332. The number of nitrogens with one attached hydrogen (secondary N) is 1. The van der Waals surface area contributed by atoms with E-state index in [1.54, 1.807) is 0 Å². The summed E-state index contributed by atoms with van der Waals surface area (Å²) in [5.74, 6) is 6.31. The first-order chi connectivity index (χ1) is 8.95. The van der Waals surface area contributed by atoms with Crippen LogP contribution in [0.4, 0.5) is 0 Å². The van der Waals surface area contributed by atoms with Crippen LogP contribution in [0.25, 0.3) is 0 Å². The van der Waals surface area contributed by atoms with Crippen LogP contribution in [0.15, 0.2) is 30.3 Å². The first-order valence-corrected chi connectivity index (χ1v) is 6.92. The van der Waals surface area contributed by atoms with Crippen LogP contribution < -0.4 is 5.32 Å². The Morgan fingerprint density at radius 2 is 1.89 bits per heavy atom. The van der Waals surface area contributed by atoms with Gasteiger partial charge in [-0.1, -0.05) is 30.0 Å². The molecule has 1 N–H and O–H groups in total. The van der Waals surface area contributed by atoms with Crippen molar-refractivity contribution in [2.24, 2.45) is 0 Å². The summed E-state index contributed by atoms with van der Waals surface area (Å²) >= 11 is 0. The van der Waals surface area contributed by atoms with Gasteiger partial charge in [0.1, 0.15) is 0 Å². The maximum Gasteiger partial charge on any atom is 0.0580 e. The second kappa shape index (κ2) is 7.92. The molecule has 0 atom stereocenters. The van der Waals surface area contributed by atoms with E-state index < -0.39 is 0 Å². The van der Waals surface area contributed by atoms with Crippen LogP contribution in [-0.2, 0) is 0 Å². The van der Waals surface area contributed by atoms with Gasteiger partial charge in [-0.05, 0) is 57.6 Å². The number of benzene rings is 1. The van der Waals surface area contributed by atoms with E-state index in [1.807, 2.05) is 30.3 Å². The van der Waals surface area contributed by atoms with Gasteiger partial charge in [-0.3, -0.25) is 0 Å². The number of hydrogen-bond donors (Lipinski definition) is 1. The van der Waals surface area contributed by atoms with Crippen molar-refractivity contribution < 1.29 is 0 Å². The van der Waals surface area contributed by atoms with Gasteiger partial charge >= 0.3 is 0 Å². The van der Waals surface area contributed by atoms with Crippen molar-refractivity contribution in [3.05, 3.63) is 35.9 Å². The van der Waals surface area contributed by atoms with Gasteiger partial charge in [-0.25, -0.2) is 0 Å². The minimum Gasteiger partial charge on any atom is -0.306 e. The lowest BCUT2D eigenvalue weighted by Gasteiger charge is -2.13. The van der Waals surface area contributed by atoms with E-state index in [0.29, 0.717) is 0 Å². The van der Waals surface area contributed by atoms with Crippen LogP contribution in [0.2, 0.25) is 0 Å². The number of rotatable bonds is 5. The molecule has 2 nitrogen and oxygen atoms in total. The second-order valence-corrected chi connectivity index (χ2v) is 4.75. The molecular formula is C16H22N2. The highest BCUT2D eigenvalue weighted by Crippen LogP contribution is 2.06. The van der Waals surface area contributed by atoms with Gasteiger partial charge in [0.15, 0.2) is 0 Å².